The molecule has 7 heteroatoms. The van der Waals surface area contributed by atoms with Crippen LogP contribution in [-0.4, -0.2) is 16.8 Å². The van der Waals surface area contributed by atoms with E-state index in [1.165, 1.54) is 12.1 Å². The van der Waals surface area contributed by atoms with Crippen molar-refractivity contribution in [2.75, 3.05) is 5.32 Å². The molecule has 3 rings (SSSR count). The molecule has 21 heavy (non-hydrogen) atoms. The van der Waals surface area contributed by atoms with Crippen LogP contribution in [0.4, 0.5) is 18.9 Å². The summed E-state index contributed by atoms with van der Waals surface area (Å²) in [6, 6.07) is 4.42. The van der Waals surface area contributed by atoms with Gasteiger partial charge in [-0.25, -0.2) is 0 Å². The van der Waals surface area contributed by atoms with Crippen LogP contribution >= 0.6 is 0 Å². The number of alkyl halides is 3. The minimum Gasteiger partial charge on any atom is -0.381 e. The molecule has 0 radical (unpaired) electrons. The standard InChI is InChI=1S/C14H11F3N2O2/c15-14(16,17)7-1-2-10-11(3-7)19-13(21)6-12(10)18-8-4-9(20)5-8/h1-3,6,8H,4-5H2,(H2,18,19,21). The van der Waals surface area contributed by atoms with Crippen LogP contribution in [-0.2, 0) is 11.0 Å². The van der Waals surface area contributed by atoms with E-state index in [-0.39, 0.29) is 17.3 Å². The van der Waals surface area contributed by atoms with Crippen LogP contribution in [0.25, 0.3) is 10.9 Å². The smallest absolute Gasteiger partial charge is 0.381 e. The van der Waals surface area contributed by atoms with E-state index in [4.69, 9.17) is 0 Å². The van der Waals surface area contributed by atoms with Gasteiger partial charge in [-0.15, -0.1) is 0 Å². The molecule has 0 unspecified atom stereocenters. The van der Waals surface area contributed by atoms with Crippen LogP contribution in [0.2, 0.25) is 0 Å². The Morgan fingerprint density at radius 1 is 1.14 bits per heavy atom. The molecule has 1 heterocycles. The van der Waals surface area contributed by atoms with Gasteiger partial charge < -0.3 is 10.3 Å². The Bertz CT molecular complexity index is 772. The number of anilines is 1. The van der Waals surface area contributed by atoms with Gasteiger partial charge in [0.2, 0.25) is 5.56 Å². The number of carbonyl (C=O) groups is 1. The highest BCUT2D eigenvalue weighted by Crippen LogP contribution is 2.32. The molecular weight excluding hydrogens is 285 g/mol. The lowest BCUT2D eigenvalue weighted by molar-refractivity contribution is -0.137. The molecule has 1 aliphatic rings. The fourth-order valence-electron chi connectivity index (χ4n) is 2.37. The largest absolute Gasteiger partial charge is 0.416 e. The molecule has 1 aliphatic carbocycles. The lowest BCUT2D eigenvalue weighted by atomic mass is 9.91. The molecule has 2 aromatic rings. The van der Waals surface area contributed by atoms with E-state index in [9.17, 15) is 22.8 Å². The van der Waals surface area contributed by atoms with Crippen LogP contribution in [0.1, 0.15) is 18.4 Å². The molecule has 2 N–H and O–H groups in total. The molecule has 0 aliphatic heterocycles. The van der Waals surface area contributed by atoms with Crippen molar-refractivity contribution in [3.05, 3.63) is 40.2 Å². The SMILES string of the molecule is O=C1CC(Nc2cc(=O)[nH]c3cc(C(F)(F)F)ccc23)C1. The second-order valence-corrected chi connectivity index (χ2v) is 5.09. The highest BCUT2D eigenvalue weighted by Gasteiger charge is 2.31. The van der Waals surface area contributed by atoms with Gasteiger partial charge in [0.1, 0.15) is 5.78 Å². The Labute approximate surface area is 117 Å². The normalized spacial score (nSPS) is 16.0. The minimum absolute atomic E-state index is 0.0650. The van der Waals surface area contributed by atoms with Gasteiger partial charge in [0.15, 0.2) is 0 Å². The molecule has 1 aromatic heterocycles. The first-order valence-corrected chi connectivity index (χ1v) is 6.35. The zero-order chi connectivity index (χ0) is 15.2. The topological polar surface area (TPSA) is 62.0 Å². The number of nitrogens with one attached hydrogen (secondary N) is 2. The summed E-state index contributed by atoms with van der Waals surface area (Å²) >= 11 is 0. The van der Waals surface area contributed by atoms with Crippen LogP contribution in [0.15, 0.2) is 29.1 Å². The molecule has 0 spiro atoms. The van der Waals surface area contributed by atoms with Gasteiger partial charge in [-0.1, -0.05) is 6.07 Å². The van der Waals surface area contributed by atoms with E-state index in [1.54, 1.807) is 0 Å². The number of rotatable bonds is 2. The fourth-order valence-corrected chi connectivity index (χ4v) is 2.37. The first kappa shape index (κ1) is 13.7. The predicted octanol–water partition coefficient (Wildman–Crippen LogP) is 2.69. The number of halogens is 3. The van der Waals surface area contributed by atoms with E-state index in [1.807, 2.05) is 0 Å². The number of carbonyl (C=O) groups excluding carboxylic acids is 1. The second kappa shape index (κ2) is 4.61. The number of H-pyrrole nitrogens is 1. The monoisotopic (exact) mass is 296 g/mol. The molecule has 0 atom stereocenters. The number of aromatic amines is 1. The average Bonchev–Trinajstić information content (AvgIpc) is 2.34. The Hall–Kier alpha value is -2.31. The molecule has 1 fully saturated rings. The third-order valence-electron chi connectivity index (χ3n) is 3.48. The Kier molecular flexibility index (Phi) is 3.00. The minimum atomic E-state index is -4.46. The lowest BCUT2D eigenvalue weighted by Crippen LogP contribution is -2.35. The van der Waals surface area contributed by atoms with Crippen LogP contribution in [0, 0.1) is 0 Å². The van der Waals surface area contributed by atoms with Crippen molar-refractivity contribution in [1.82, 2.24) is 4.98 Å². The van der Waals surface area contributed by atoms with E-state index < -0.39 is 17.3 Å². The summed E-state index contributed by atoms with van der Waals surface area (Å²) in [6.45, 7) is 0. The second-order valence-electron chi connectivity index (χ2n) is 5.09. The molecule has 0 saturated heterocycles. The number of benzene rings is 1. The highest BCUT2D eigenvalue weighted by atomic mass is 19.4. The maximum absolute atomic E-state index is 12.7. The first-order valence-electron chi connectivity index (χ1n) is 6.35. The molecule has 110 valence electrons. The van der Waals surface area contributed by atoms with Crippen LogP contribution < -0.4 is 10.9 Å². The average molecular weight is 296 g/mol. The third-order valence-corrected chi connectivity index (χ3v) is 3.48. The maximum atomic E-state index is 12.7. The van der Waals surface area contributed by atoms with Gasteiger partial charge in [-0.3, -0.25) is 9.59 Å². The Morgan fingerprint density at radius 3 is 2.48 bits per heavy atom. The Morgan fingerprint density at radius 2 is 1.86 bits per heavy atom. The van der Waals surface area contributed by atoms with Gasteiger partial charge in [0, 0.05) is 36.0 Å². The summed E-state index contributed by atoms with van der Waals surface area (Å²) in [7, 11) is 0. The number of aromatic nitrogens is 1. The van der Waals surface area contributed by atoms with Crippen LogP contribution in [0.5, 0.6) is 0 Å². The maximum Gasteiger partial charge on any atom is 0.416 e. The molecule has 0 bridgehead atoms. The summed E-state index contributed by atoms with van der Waals surface area (Å²) in [6.07, 6.45) is -3.72. The van der Waals surface area contributed by atoms with Crippen molar-refractivity contribution >= 4 is 22.4 Å². The summed E-state index contributed by atoms with van der Waals surface area (Å²) in [4.78, 5) is 24.9. The number of fused-ring (bicyclic) bond motifs is 1. The van der Waals surface area contributed by atoms with Gasteiger partial charge in [0.05, 0.1) is 11.1 Å². The number of Topliss-reactive ketones (excluding diaryl/α,β-unsaturated/α-hetero) is 1. The highest BCUT2D eigenvalue weighted by molar-refractivity contribution is 5.93. The van der Waals surface area contributed by atoms with Crippen LogP contribution in [0.3, 0.4) is 0 Å². The summed E-state index contributed by atoms with van der Waals surface area (Å²) in [5, 5.41) is 3.52. The van der Waals surface area contributed by atoms with Crippen molar-refractivity contribution in [1.29, 1.82) is 0 Å². The van der Waals surface area contributed by atoms with E-state index in [2.05, 4.69) is 10.3 Å². The third kappa shape index (κ3) is 2.63. The van der Waals surface area contributed by atoms with Crippen molar-refractivity contribution in [2.45, 2.75) is 25.1 Å². The van der Waals surface area contributed by atoms with E-state index >= 15 is 0 Å². The molecular formula is C14H11F3N2O2. The molecule has 1 saturated carbocycles. The van der Waals surface area contributed by atoms with Gasteiger partial charge >= 0.3 is 6.18 Å². The van der Waals surface area contributed by atoms with Gasteiger partial charge in [0.25, 0.3) is 0 Å². The number of hydrogen-bond acceptors (Lipinski definition) is 3. The number of pyridine rings is 1. The number of hydrogen-bond donors (Lipinski definition) is 2. The predicted molar refractivity (Wildman–Crippen MR) is 71.2 cm³/mol. The van der Waals surface area contributed by atoms with E-state index in [0.717, 1.165) is 12.1 Å². The lowest BCUT2D eigenvalue weighted by Gasteiger charge is -2.26. The Balaban J connectivity index is 2.04. The van der Waals surface area contributed by atoms with Crippen molar-refractivity contribution in [3.8, 4) is 0 Å². The summed E-state index contributed by atoms with van der Waals surface area (Å²) < 4.78 is 38.1. The van der Waals surface area contributed by atoms with Crippen molar-refractivity contribution in [2.24, 2.45) is 0 Å². The molecule has 1 aromatic carbocycles. The van der Waals surface area contributed by atoms with Crippen molar-refractivity contribution < 1.29 is 18.0 Å². The molecule has 0 amide bonds. The molecule has 4 nitrogen and oxygen atoms in total. The zero-order valence-corrected chi connectivity index (χ0v) is 10.8. The summed E-state index contributed by atoms with van der Waals surface area (Å²) in [5.74, 6) is 0.126. The fraction of sp³-hybridized carbons (Fsp3) is 0.286. The van der Waals surface area contributed by atoms with E-state index in [0.29, 0.717) is 23.9 Å². The van der Waals surface area contributed by atoms with Crippen molar-refractivity contribution in [3.63, 3.8) is 0 Å². The number of ketones is 1. The zero-order valence-electron chi connectivity index (χ0n) is 10.8. The summed E-state index contributed by atoms with van der Waals surface area (Å²) in [5.41, 5.74) is -0.748. The quantitative estimate of drug-likeness (QED) is 0.895. The first-order chi connectivity index (χ1) is 9.83. The van der Waals surface area contributed by atoms with Gasteiger partial charge in [-0.2, -0.15) is 13.2 Å². The van der Waals surface area contributed by atoms with Gasteiger partial charge in [-0.05, 0) is 12.1 Å².